The summed E-state index contributed by atoms with van der Waals surface area (Å²) in [6.45, 7) is 10.1. The highest BCUT2D eigenvalue weighted by Crippen LogP contribution is 2.40. The monoisotopic (exact) mass is 511 g/mol. The Morgan fingerprint density at radius 2 is 1.81 bits per heavy atom. The number of benzene rings is 1. The van der Waals surface area contributed by atoms with Gasteiger partial charge in [0.15, 0.2) is 0 Å². The molecule has 2 heterocycles. The summed E-state index contributed by atoms with van der Waals surface area (Å²) in [5.74, 6) is -0.0127. The van der Waals surface area contributed by atoms with E-state index < -0.39 is 17.7 Å². The number of nitrogens with one attached hydrogen (secondary N) is 2. The highest BCUT2D eigenvalue weighted by Gasteiger charge is 2.46. The highest BCUT2D eigenvalue weighted by atomic mass is 16.6. The van der Waals surface area contributed by atoms with Gasteiger partial charge in [0.2, 0.25) is 5.91 Å². The molecular weight excluding hydrogens is 470 g/mol. The Kier molecular flexibility index (Phi) is 8.14. The Bertz CT molecular complexity index is 1140. The van der Waals surface area contributed by atoms with Gasteiger partial charge in [0.25, 0.3) is 0 Å². The van der Waals surface area contributed by atoms with E-state index in [1.54, 1.807) is 11.8 Å². The van der Waals surface area contributed by atoms with Crippen molar-refractivity contribution in [1.82, 2.24) is 9.88 Å². The lowest BCUT2D eigenvalue weighted by atomic mass is 9.76. The SMILES string of the molecule is CCOC(=O)c1[nH]c2ccc(NC(=O)[C@H]3[C@H](C4CCCCC4)CCN3C(=O)OC(C)(C)C)cc2c1CC. The fraction of sp³-hybridized carbons (Fsp3) is 0.621. The van der Waals surface area contributed by atoms with Crippen LogP contribution in [0.4, 0.5) is 10.5 Å². The Morgan fingerprint density at radius 1 is 1.08 bits per heavy atom. The fourth-order valence-corrected chi connectivity index (χ4v) is 6.02. The molecule has 2 fully saturated rings. The van der Waals surface area contributed by atoms with E-state index in [1.807, 2.05) is 45.9 Å². The summed E-state index contributed by atoms with van der Waals surface area (Å²) >= 11 is 0. The van der Waals surface area contributed by atoms with Crippen LogP contribution >= 0.6 is 0 Å². The van der Waals surface area contributed by atoms with E-state index in [-0.39, 0.29) is 17.8 Å². The normalized spacial score (nSPS) is 20.7. The number of carbonyl (C=O) groups excluding carboxylic acids is 3. The lowest BCUT2D eigenvalue weighted by molar-refractivity contribution is -0.122. The molecule has 2 aliphatic rings. The number of hydrogen-bond donors (Lipinski definition) is 2. The van der Waals surface area contributed by atoms with E-state index in [0.29, 0.717) is 36.9 Å². The molecule has 0 bridgehead atoms. The van der Waals surface area contributed by atoms with E-state index in [0.717, 1.165) is 35.7 Å². The van der Waals surface area contributed by atoms with Gasteiger partial charge in [0, 0.05) is 23.1 Å². The summed E-state index contributed by atoms with van der Waals surface area (Å²) in [6.07, 6.45) is 6.81. The number of rotatable bonds is 6. The molecule has 2 aromatic rings. The number of aromatic nitrogens is 1. The molecule has 0 radical (unpaired) electrons. The van der Waals surface area contributed by atoms with Gasteiger partial charge in [-0.05, 0) is 76.1 Å². The van der Waals surface area contributed by atoms with Crippen molar-refractivity contribution in [3.05, 3.63) is 29.5 Å². The Labute approximate surface area is 219 Å². The van der Waals surface area contributed by atoms with Crippen molar-refractivity contribution in [2.45, 2.75) is 91.2 Å². The Balaban J connectivity index is 1.61. The van der Waals surface area contributed by atoms with Crippen LogP contribution in [0.5, 0.6) is 0 Å². The molecule has 0 unspecified atom stereocenters. The van der Waals surface area contributed by atoms with Gasteiger partial charge in [0.1, 0.15) is 17.3 Å². The molecule has 1 aromatic heterocycles. The third-order valence-corrected chi connectivity index (χ3v) is 7.60. The molecule has 2 N–H and O–H groups in total. The van der Waals surface area contributed by atoms with E-state index >= 15 is 0 Å². The van der Waals surface area contributed by atoms with Crippen LogP contribution in [0.3, 0.4) is 0 Å². The first kappa shape index (κ1) is 27.0. The molecule has 202 valence electrons. The first-order valence-electron chi connectivity index (χ1n) is 13.7. The quantitative estimate of drug-likeness (QED) is 0.460. The van der Waals surface area contributed by atoms with Crippen molar-refractivity contribution in [1.29, 1.82) is 0 Å². The van der Waals surface area contributed by atoms with Crippen LogP contribution in [-0.2, 0) is 20.7 Å². The molecule has 37 heavy (non-hydrogen) atoms. The number of aromatic amines is 1. The van der Waals surface area contributed by atoms with Crippen molar-refractivity contribution < 1.29 is 23.9 Å². The van der Waals surface area contributed by atoms with Gasteiger partial charge in [-0.25, -0.2) is 9.59 Å². The first-order chi connectivity index (χ1) is 17.6. The first-order valence-corrected chi connectivity index (χ1v) is 13.7. The number of hydrogen-bond acceptors (Lipinski definition) is 5. The highest BCUT2D eigenvalue weighted by molar-refractivity contribution is 6.02. The van der Waals surface area contributed by atoms with E-state index in [9.17, 15) is 14.4 Å². The number of amides is 2. The number of esters is 1. The molecule has 2 amide bonds. The largest absolute Gasteiger partial charge is 0.461 e. The summed E-state index contributed by atoms with van der Waals surface area (Å²) in [5, 5.41) is 3.97. The van der Waals surface area contributed by atoms with Crippen LogP contribution < -0.4 is 5.32 Å². The lowest BCUT2D eigenvalue weighted by Crippen LogP contribution is -2.49. The topological polar surface area (TPSA) is 101 Å². The second-order valence-electron chi connectivity index (χ2n) is 11.3. The minimum Gasteiger partial charge on any atom is -0.461 e. The van der Waals surface area contributed by atoms with Crippen molar-refractivity contribution >= 4 is 34.6 Å². The molecule has 1 aliphatic carbocycles. The number of likely N-dealkylation sites (tertiary alicyclic amines) is 1. The molecule has 1 aliphatic heterocycles. The molecule has 4 rings (SSSR count). The summed E-state index contributed by atoms with van der Waals surface area (Å²) < 4.78 is 10.9. The van der Waals surface area contributed by atoms with Crippen LogP contribution in [0.25, 0.3) is 10.9 Å². The van der Waals surface area contributed by atoms with E-state index in [2.05, 4.69) is 10.3 Å². The van der Waals surface area contributed by atoms with Crippen molar-refractivity contribution in [2.24, 2.45) is 11.8 Å². The van der Waals surface area contributed by atoms with Gasteiger partial charge in [-0.2, -0.15) is 0 Å². The molecule has 8 nitrogen and oxygen atoms in total. The lowest BCUT2D eigenvalue weighted by Gasteiger charge is -2.34. The number of anilines is 1. The summed E-state index contributed by atoms with van der Waals surface area (Å²) in [6, 6.07) is 5.02. The van der Waals surface area contributed by atoms with E-state index in [1.165, 1.54) is 19.3 Å². The fourth-order valence-electron chi connectivity index (χ4n) is 6.02. The zero-order chi connectivity index (χ0) is 26.7. The van der Waals surface area contributed by atoms with E-state index in [4.69, 9.17) is 9.47 Å². The smallest absolute Gasteiger partial charge is 0.410 e. The zero-order valence-corrected chi connectivity index (χ0v) is 22.8. The molecule has 0 spiro atoms. The third-order valence-electron chi connectivity index (χ3n) is 7.60. The van der Waals surface area contributed by atoms with Gasteiger partial charge in [-0.1, -0.05) is 39.0 Å². The van der Waals surface area contributed by atoms with Crippen molar-refractivity contribution in [3.8, 4) is 0 Å². The van der Waals surface area contributed by atoms with Crippen LogP contribution in [0.15, 0.2) is 18.2 Å². The van der Waals surface area contributed by atoms with Gasteiger partial charge in [-0.15, -0.1) is 0 Å². The minimum absolute atomic E-state index is 0.116. The second-order valence-corrected chi connectivity index (χ2v) is 11.3. The zero-order valence-electron chi connectivity index (χ0n) is 22.8. The molecule has 1 saturated heterocycles. The van der Waals surface area contributed by atoms with Gasteiger partial charge in [0.05, 0.1) is 6.61 Å². The average molecular weight is 512 g/mol. The molecule has 1 aromatic carbocycles. The summed E-state index contributed by atoms with van der Waals surface area (Å²) in [7, 11) is 0. The predicted octanol–water partition coefficient (Wildman–Crippen LogP) is 6.05. The number of ether oxygens (including phenoxy) is 2. The van der Waals surface area contributed by atoms with Crippen LogP contribution in [-0.4, -0.2) is 52.6 Å². The Hall–Kier alpha value is -3.03. The molecule has 2 atom stereocenters. The predicted molar refractivity (Wildman–Crippen MR) is 144 cm³/mol. The standard InChI is InChI=1S/C29H41N3O5/c1-6-20-22-17-19(13-14-23(22)31-24(20)27(34)36-7-2)30-26(33)25-21(18-11-9-8-10-12-18)15-16-32(25)28(35)37-29(3,4)5/h13-14,17-18,21,25,31H,6-12,15-16H2,1-5H3,(H,30,33)/t21-,25+/m0/s1. The molecule has 8 heteroatoms. The molecule has 1 saturated carbocycles. The average Bonchev–Trinajstić information content (AvgIpc) is 3.45. The van der Waals surface area contributed by atoms with Crippen molar-refractivity contribution in [2.75, 3.05) is 18.5 Å². The number of H-pyrrole nitrogens is 1. The number of fused-ring (bicyclic) bond motifs is 1. The third kappa shape index (κ3) is 5.94. The maximum Gasteiger partial charge on any atom is 0.410 e. The number of carbonyl (C=O) groups is 3. The van der Waals surface area contributed by atoms with Crippen molar-refractivity contribution in [3.63, 3.8) is 0 Å². The number of aryl methyl sites for hydroxylation is 1. The summed E-state index contributed by atoms with van der Waals surface area (Å²) in [4.78, 5) is 44.2. The maximum absolute atomic E-state index is 13.8. The second kappa shape index (κ2) is 11.2. The summed E-state index contributed by atoms with van der Waals surface area (Å²) in [5.41, 5.74) is 2.13. The minimum atomic E-state index is -0.631. The van der Waals surface area contributed by atoms with Crippen LogP contribution in [0.2, 0.25) is 0 Å². The van der Waals surface area contributed by atoms with Gasteiger partial charge in [-0.3, -0.25) is 9.69 Å². The van der Waals surface area contributed by atoms with Gasteiger partial charge < -0.3 is 19.8 Å². The molecular formula is C29H41N3O5. The Morgan fingerprint density at radius 3 is 2.46 bits per heavy atom. The van der Waals surface area contributed by atoms with Crippen LogP contribution in [0.1, 0.15) is 89.2 Å². The maximum atomic E-state index is 13.8. The van der Waals surface area contributed by atoms with Crippen LogP contribution in [0, 0.1) is 11.8 Å². The number of nitrogens with zero attached hydrogens (tertiary/aromatic N) is 1. The van der Waals surface area contributed by atoms with Gasteiger partial charge >= 0.3 is 12.1 Å².